The SMILES string of the molecule is O=S(=O)(Nc1ccc2c(c1)OCO2)c1ccc(-c2ncc(-c3ccccc3)o2)cc1. The second kappa shape index (κ2) is 7.23. The first kappa shape index (κ1) is 18.3. The number of nitrogens with one attached hydrogen (secondary N) is 1. The van der Waals surface area contributed by atoms with Gasteiger partial charge >= 0.3 is 0 Å². The Bertz CT molecular complexity index is 1300. The van der Waals surface area contributed by atoms with Crippen LogP contribution < -0.4 is 14.2 Å². The van der Waals surface area contributed by atoms with Gasteiger partial charge in [0.1, 0.15) is 0 Å². The molecule has 1 aliphatic rings. The lowest BCUT2D eigenvalue weighted by atomic mass is 10.2. The van der Waals surface area contributed by atoms with Crippen LogP contribution in [0, 0.1) is 0 Å². The van der Waals surface area contributed by atoms with Crippen molar-refractivity contribution in [2.75, 3.05) is 11.5 Å². The number of fused-ring (bicyclic) bond motifs is 1. The van der Waals surface area contributed by atoms with E-state index in [4.69, 9.17) is 13.9 Å². The molecule has 3 aromatic carbocycles. The van der Waals surface area contributed by atoms with Gasteiger partial charge in [0.25, 0.3) is 10.0 Å². The standard InChI is InChI=1S/C22H16N2O5S/c25-30(26,24-17-8-11-19-20(12-17)28-14-27-19)18-9-6-16(7-10-18)22-23-13-21(29-22)15-4-2-1-3-5-15/h1-13,24H,14H2. The molecular formula is C22H16N2O5S. The maximum Gasteiger partial charge on any atom is 0.261 e. The van der Waals surface area contributed by atoms with Gasteiger partial charge in [-0.3, -0.25) is 4.72 Å². The van der Waals surface area contributed by atoms with Gasteiger partial charge in [-0.15, -0.1) is 0 Å². The van der Waals surface area contributed by atoms with Crippen LogP contribution >= 0.6 is 0 Å². The monoisotopic (exact) mass is 420 g/mol. The number of benzene rings is 3. The van der Waals surface area contributed by atoms with Crippen LogP contribution in [0.2, 0.25) is 0 Å². The molecule has 0 aliphatic carbocycles. The van der Waals surface area contributed by atoms with E-state index in [9.17, 15) is 8.42 Å². The fraction of sp³-hybridized carbons (Fsp3) is 0.0455. The first-order valence-corrected chi connectivity index (χ1v) is 10.6. The largest absolute Gasteiger partial charge is 0.454 e. The van der Waals surface area contributed by atoms with Crippen molar-refractivity contribution in [3.8, 4) is 34.3 Å². The quantitative estimate of drug-likeness (QED) is 0.510. The fourth-order valence-electron chi connectivity index (χ4n) is 3.09. The number of aromatic nitrogens is 1. The number of hydrogen-bond donors (Lipinski definition) is 1. The third-order valence-corrected chi connectivity index (χ3v) is 6.00. The topological polar surface area (TPSA) is 90.7 Å². The van der Waals surface area contributed by atoms with Crippen molar-refractivity contribution in [3.63, 3.8) is 0 Å². The van der Waals surface area contributed by atoms with Crippen molar-refractivity contribution in [2.45, 2.75) is 4.90 Å². The van der Waals surface area contributed by atoms with Gasteiger partial charge in [0.2, 0.25) is 12.7 Å². The highest BCUT2D eigenvalue weighted by Crippen LogP contribution is 2.35. The molecule has 30 heavy (non-hydrogen) atoms. The average molecular weight is 420 g/mol. The van der Waals surface area contributed by atoms with E-state index in [1.807, 2.05) is 30.3 Å². The number of ether oxygens (including phenoxy) is 2. The smallest absolute Gasteiger partial charge is 0.261 e. The first-order valence-electron chi connectivity index (χ1n) is 9.13. The lowest BCUT2D eigenvalue weighted by molar-refractivity contribution is 0.174. The highest BCUT2D eigenvalue weighted by Gasteiger charge is 2.18. The fourth-order valence-corrected chi connectivity index (χ4v) is 4.14. The van der Waals surface area contributed by atoms with E-state index in [1.165, 1.54) is 12.1 Å². The summed E-state index contributed by atoms with van der Waals surface area (Å²) in [6, 6.07) is 20.9. The Balaban J connectivity index is 1.36. The summed E-state index contributed by atoms with van der Waals surface area (Å²) < 4.78 is 44.3. The molecule has 0 saturated heterocycles. The van der Waals surface area contributed by atoms with Crippen LogP contribution in [0.15, 0.2) is 88.3 Å². The van der Waals surface area contributed by atoms with Crippen molar-refractivity contribution in [1.29, 1.82) is 0 Å². The number of sulfonamides is 1. The minimum absolute atomic E-state index is 0.124. The second-order valence-electron chi connectivity index (χ2n) is 6.59. The van der Waals surface area contributed by atoms with Gasteiger partial charge in [0.05, 0.1) is 16.8 Å². The second-order valence-corrected chi connectivity index (χ2v) is 8.28. The molecule has 8 heteroatoms. The Hall–Kier alpha value is -3.78. The number of nitrogens with zero attached hydrogens (tertiary/aromatic N) is 1. The van der Waals surface area contributed by atoms with Crippen molar-refractivity contribution < 1.29 is 22.3 Å². The molecule has 0 radical (unpaired) electrons. The van der Waals surface area contributed by atoms with Gasteiger partial charge < -0.3 is 13.9 Å². The molecule has 0 bridgehead atoms. The molecule has 5 rings (SSSR count). The zero-order valence-corrected chi connectivity index (χ0v) is 16.4. The molecule has 2 heterocycles. The van der Waals surface area contributed by atoms with Crippen LogP contribution in [0.5, 0.6) is 11.5 Å². The molecule has 0 unspecified atom stereocenters. The predicted octanol–water partition coefficient (Wildman–Crippen LogP) is 4.54. The number of hydrogen-bond acceptors (Lipinski definition) is 6. The van der Waals surface area contributed by atoms with Crippen molar-refractivity contribution in [2.24, 2.45) is 0 Å². The van der Waals surface area contributed by atoms with E-state index in [-0.39, 0.29) is 11.7 Å². The van der Waals surface area contributed by atoms with E-state index >= 15 is 0 Å². The summed E-state index contributed by atoms with van der Waals surface area (Å²) in [7, 11) is -3.76. The van der Waals surface area contributed by atoms with E-state index in [2.05, 4.69) is 9.71 Å². The van der Waals surface area contributed by atoms with Crippen LogP contribution in [0.1, 0.15) is 0 Å². The molecule has 1 aromatic heterocycles. The maximum absolute atomic E-state index is 12.7. The molecule has 150 valence electrons. The van der Waals surface area contributed by atoms with Crippen molar-refractivity contribution >= 4 is 15.7 Å². The van der Waals surface area contributed by atoms with Gasteiger partial charge in [-0.1, -0.05) is 30.3 Å². The summed E-state index contributed by atoms with van der Waals surface area (Å²) in [6.45, 7) is 0.125. The van der Waals surface area contributed by atoms with E-state index in [0.717, 1.165) is 5.56 Å². The number of oxazole rings is 1. The lowest BCUT2D eigenvalue weighted by Crippen LogP contribution is -2.12. The zero-order valence-electron chi connectivity index (χ0n) is 15.6. The number of anilines is 1. The Morgan fingerprint density at radius 1 is 0.833 bits per heavy atom. The third kappa shape index (κ3) is 3.48. The van der Waals surface area contributed by atoms with Gasteiger partial charge in [-0.2, -0.15) is 0 Å². The summed E-state index contributed by atoms with van der Waals surface area (Å²) in [5, 5.41) is 0. The summed E-state index contributed by atoms with van der Waals surface area (Å²) >= 11 is 0. The van der Waals surface area contributed by atoms with E-state index in [1.54, 1.807) is 36.5 Å². The van der Waals surface area contributed by atoms with Crippen LogP contribution in [-0.2, 0) is 10.0 Å². The molecule has 1 aliphatic heterocycles. The maximum atomic E-state index is 12.7. The summed E-state index contributed by atoms with van der Waals surface area (Å²) in [4.78, 5) is 4.42. The Morgan fingerprint density at radius 3 is 2.40 bits per heavy atom. The van der Waals surface area contributed by atoms with Crippen molar-refractivity contribution in [1.82, 2.24) is 4.98 Å². The van der Waals surface area contributed by atoms with Gasteiger partial charge in [0.15, 0.2) is 17.3 Å². The highest BCUT2D eigenvalue weighted by molar-refractivity contribution is 7.92. The van der Waals surface area contributed by atoms with Crippen LogP contribution in [0.4, 0.5) is 5.69 Å². The van der Waals surface area contributed by atoms with E-state index in [0.29, 0.717) is 34.4 Å². The minimum Gasteiger partial charge on any atom is -0.454 e. The Labute approximate surface area is 173 Å². The molecule has 0 amide bonds. The lowest BCUT2D eigenvalue weighted by Gasteiger charge is -2.09. The van der Waals surface area contributed by atoms with Crippen molar-refractivity contribution in [3.05, 3.63) is 79.0 Å². The van der Waals surface area contributed by atoms with Gasteiger partial charge in [-0.25, -0.2) is 13.4 Å². The molecule has 1 N–H and O–H groups in total. The molecule has 0 atom stereocenters. The molecule has 4 aromatic rings. The Morgan fingerprint density at radius 2 is 1.60 bits per heavy atom. The van der Waals surface area contributed by atoms with Gasteiger partial charge in [0, 0.05) is 17.2 Å². The van der Waals surface area contributed by atoms with E-state index < -0.39 is 10.0 Å². The van der Waals surface area contributed by atoms with Crippen LogP contribution in [-0.4, -0.2) is 20.2 Å². The average Bonchev–Trinajstić information content (AvgIpc) is 3.44. The summed E-state index contributed by atoms with van der Waals surface area (Å²) in [5.41, 5.74) is 1.99. The predicted molar refractivity (Wildman–Crippen MR) is 111 cm³/mol. The third-order valence-electron chi connectivity index (χ3n) is 4.60. The highest BCUT2D eigenvalue weighted by atomic mass is 32.2. The molecule has 7 nitrogen and oxygen atoms in total. The Kier molecular flexibility index (Phi) is 4.40. The summed E-state index contributed by atoms with van der Waals surface area (Å²) in [6.07, 6.45) is 1.65. The van der Waals surface area contributed by atoms with Crippen LogP contribution in [0.3, 0.4) is 0 Å². The molecule has 0 fully saturated rings. The number of rotatable bonds is 5. The summed E-state index contributed by atoms with van der Waals surface area (Å²) in [5.74, 6) is 2.15. The first-order chi connectivity index (χ1) is 14.6. The van der Waals surface area contributed by atoms with Crippen LogP contribution in [0.25, 0.3) is 22.8 Å². The normalized spacial score (nSPS) is 12.7. The minimum atomic E-state index is -3.76. The zero-order chi connectivity index (χ0) is 20.6. The van der Waals surface area contributed by atoms with Gasteiger partial charge in [-0.05, 0) is 36.4 Å². The molecular weight excluding hydrogens is 404 g/mol. The molecule has 0 spiro atoms. The molecule has 0 saturated carbocycles.